The number of anilines is 1. The van der Waals surface area contributed by atoms with Crippen LogP contribution in [0.1, 0.15) is 16.0 Å². The number of nitriles is 1. The molecule has 0 radical (unpaired) electrons. The van der Waals surface area contributed by atoms with Crippen molar-refractivity contribution in [2.75, 3.05) is 5.32 Å². The second kappa shape index (κ2) is 5.33. The molecule has 1 heterocycles. The van der Waals surface area contributed by atoms with E-state index in [1.807, 2.05) is 17.5 Å². The molecule has 1 N–H and O–H groups in total. The molecule has 19 heavy (non-hydrogen) atoms. The van der Waals surface area contributed by atoms with Crippen molar-refractivity contribution in [1.29, 1.82) is 5.26 Å². The Bertz CT molecular complexity index is 597. The van der Waals surface area contributed by atoms with Crippen molar-refractivity contribution in [3.05, 3.63) is 51.7 Å². The molecule has 6 heteroatoms. The minimum Gasteiger partial charge on any atom is -0.380 e. The van der Waals surface area contributed by atoms with E-state index in [0.717, 1.165) is 10.9 Å². The fourth-order valence-corrected chi connectivity index (χ4v) is 2.24. The number of thiophene rings is 1. The van der Waals surface area contributed by atoms with Crippen molar-refractivity contribution in [3.8, 4) is 6.07 Å². The molecule has 0 fully saturated rings. The van der Waals surface area contributed by atoms with E-state index in [2.05, 4.69) is 5.32 Å². The second-order valence-electron chi connectivity index (χ2n) is 3.80. The van der Waals surface area contributed by atoms with E-state index in [0.29, 0.717) is 6.54 Å². The van der Waals surface area contributed by atoms with Crippen LogP contribution in [-0.2, 0) is 12.7 Å². The maximum atomic E-state index is 12.9. The molecule has 1 aromatic heterocycles. The van der Waals surface area contributed by atoms with E-state index in [1.54, 1.807) is 6.07 Å². The van der Waals surface area contributed by atoms with Gasteiger partial charge in [-0.15, -0.1) is 11.3 Å². The van der Waals surface area contributed by atoms with Crippen molar-refractivity contribution in [2.24, 2.45) is 0 Å². The first kappa shape index (κ1) is 13.4. The van der Waals surface area contributed by atoms with Crippen molar-refractivity contribution >= 4 is 17.0 Å². The molecule has 0 saturated carbocycles. The number of hydrogen-bond acceptors (Lipinski definition) is 3. The molecule has 0 aliphatic carbocycles. The highest BCUT2D eigenvalue weighted by Crippen LogP contribution is 2.35. The van der Waals surface area contributed by atoms with E-state index in [4.69, 9.17) is 5.26 Å². The fraction of sp³-hybridized carbons (Fsp3) is 0.154. The van der Waals surface area contributed by atoms with Crippen LogP contribution >= 0.6 is 11.3 Å². The number of benzene rings is 1. The number of hydrogen-bond donors (Lipinski definition) is 1. The smallest absolute Gasteiger partial charge is 0.380 e. The van der Waals surface area contributed by atoms with E-state index in [1.165, 1.54) is 23.5 Å². The maximum absolute atomic E-state index is 12.9. The maximum Gasteiger partial charge on any atom is 0.418 e. The molecule has 2 rings (SSSR count). The number of alkyl halides is 3. The molecule has 1 aromatic carbocycles. The minimum absolute atomic E-state index is 0.00556. The fourth-order valence-electron chi connectivity index (χ4n) is 1.60. The first-order valence-corrected chi connectivity index (χ1v) is 6.26. The topological polar surface area (TPSA) is 35.8 Å². The lowest BCUT2D eigenvalue weighted by Crippen LogP contribution is -2.11. The van der Waals surface area contributed by atoms with Crippen LogP contribution in [0.25, 0.3) is 0 Å². The highest BCUT2D eigenvalue weighted by atomic mass is 32.1. The third kappa shape index (κ3) is 3.26. The highest BCUT2D eigenvalue weighted by molar-refractivity contribution is 7.09. The molecule has 98 valence electrons. The number of halogens is 3. The second-order valence-corrected chi connectivity index (χ2v) is 4.84. The van der Waals surface area contributed by atoms with E-state index in [9.17, 15) is 13.2 Å². The predicted molar refractivity (Wildman–Crippen MR) is 67.8 cm³/mol. The molecule has 2 nitrogen and oxygen atoms in total. The van der Waals surface area contributed by atoms with E-state index < -0.39 is 11.7 Å². The normalized spacial score (nSPS) is 11.1. The van der Waals surface area contributed by atoms with Crippen LogP contribution in [0.15, 0.2) is 35.7 Å². The van der Waals surface area contributed by atoms with Gasteiger partial charge in [0.1, 0.15) is 0 Å². The summed E-state index contributed by atoms with van der Waals surface area (Å²) in [6.45, 7) is 0.326. The quantitative estimate of drug-likeness (QED) is 0.913. The first-order chi connectivity index (χ1) is 9.00. The Hall–Kier alpha value is -2.00. The zero-order chi connectivity index (χ0) is 13.9. The van der Waals surface area contributed by atoms with Crippen LogP contribution in [0.2, 0.25) is 0 Å². The van der Waals surface area contributed by atoms with Crippen LogP contribution < -0.4 is 5.32 Å². The SMILES string of the molecule is N#Cc1ccc(NCc2cccs2)c(C(F)(F)F)c1. The summed E-state index contributed by atoms with van der Waals surface area (Å²) in [4.78, 5) is 0.942. The lowest BCUT2D eigenvalue weighted by Gasteiger charge is -2.14. The van der Waals surface area contributed by atoms with E-state index >= 15 is 0 Å². The average Bonchev–Trinajstić information content (AvgIpc) is 2.88. The van der Waals surface area contributed by atoms with Crippen molar-refractivity contribution in [3.63, 3.8) is 0 Å². The summed E-state index contributed by atoms with van der Waals surface area (Å²) < 4.78 is 38.7. The lowest BCUT2D eigenvalue weighted by atomic mass is 10.1. The van der Waals surface area contributed by atoms with Gasteiger partial charge in [-0.25, -0.2) is 0 Å². The third-order valence-electron chi connectivity index (χ3n) is 2.49. The van der Waals surface area contributed by atoms with Crippen molar-refractivity contribution in [2.45, 2.75) is 12.7 Å². The van der Waals surface area contributed by atoms with Gasteiger partial charge in [0.2, 0.25) is 0 Å². The van der Waals surface area contributed by atoms with Crippen LogP contribution in [0.4, 0.5) is 18.9 Å². The third-order valence-corrected chi connectivity index (χ3v) is 3.36. The Kier molecular flexibility index (Phi) is 3.76. The summed E-state index contributed by atoms with van der Waals surface area (Å²) in [5.74, 6) is 0. The van der Waals surface area contributed by atoms with Crippen molar-refractivity contribution < 1.29 is 13.2 Å². The van der Waals surface area contributed by atoms with Crippen LogP contribution in [0, 0.1) is 11.3 Å². The standard InChI is InChI=1S/C13H9F3N2S/c14-13(15,16)11-6-9(7-17)3-4-12(11)18-8-10-2-1-5-19-10/h1-6,18H,8H2. The summed E-state index contributed by atoms with van der Waals surface area (Å²) in [5.41, 5.74) is -0.836. The monoisotopic (exact) mass is 282 g/mol. The van der Waals surface area contributed by atoms with Crippen LogP contribution in [0.5, 0.6) is 0 Å². The summed E-state index contributed by atoms with van der Waals surface area (Å²) in [6, 6.07) is 8.90. The molecule has 0 amide bonds. The molecular formula is C13H9F3N2S. The molecular weight excluding hydrogens is 273 g/mol. The predicted octanol–water partition coefficient (Wildman–Crippen LogP) is 4.25. The average molecular weight is 282 g/mol. The Labute approximate surface area is 112 Å². The summed E-state index contributed by atoms with van der Waals surface area (Å²) in [5, 5.41) is 13.3. The summed E-state index contributed by atoms with van der Waals surface area (Å²) in [6.07, 6.45) is -4.48. The van der Waals surface area contributed by atoms with Gasteiger partial charge in [-0.1, -0.05) is 6.07 Å². The van der Waals surface area contributed by atoms with Gasteiger partial charge in [0.25, 0.3) is 0 Å². The van der Waals surface area contributed by atoms with Gasteiger partial charge in [-0.05, 0) is 29.6 Å². The Morgan fingerprint density at radius 1 is 1.26 bits per heavy atom. The van der Waals surface area contributed by atoms with Gasteiger partial charge >= 0.3 is 6.18 Å². The molecule has 0 atom stereocenters. The Balaban J connectivity index is 2.27. The Morgan fingerprint density at radius 3 is 2.63 bits per heavy atom. The van der Waals surface area contributed by atoms with E-state index in [-0.39, 0.29) is 11.3 Å². The molecule has 0 bridgehead atoms. The van der Waals surface area contributed by atoms with Crippen LogP contribution in [-0.4, -0.2) is 0 Å². The molecule has 0 saturated heterocycles. The molecule has 0 aliphatic rings. The van der Waals surface area contributed by atoms with Gasteiger partial charge in [-0.3, -0.25) is 0 Å². The number of rotatable bonds is 3. The number of nitrogens with one attached hydrogen (secondary N) is 1. The first-order valence-electron chi connectivity index (χ1n) is 5.38. The van der Waals surface area contributed by atoms with Gasteiger partial charge < -0.3 is 5.32 Å². The molecule has 0 unspecified atom stereocenters. The molecule has 0 aliphatic heterocycles. The largest absolute Gasteiger partial charge is 0.418 e. The minimum atomic E-state index is -4.48. The lowest BCUT2D eigenvalue weighted by molar-refractivity contribution is -0.137. The summed E-state index contributed by atoms with van der Waals surface area (Å²) >= 11 is 1.47. The van der Waals surface area contributed by atoms with Crippen LogP contribution in [0.3, 0.4) is 0 Å². The zero-order valence-electron chi connectivity index (χ0n) is 9.66. The Morgan fingerprint density at radius 2 is 2.05 bits per heavy atom. The molecule has 0 spiro atoms. The van der Waals surface area contributed by atoms with Gasteiger partial charge in [0.05, 0.1) is 17.2 Å². The molecule has 2 aromatic rings. The summed E-state index contributed by atoms with van der Waals surface area (Å²) in [7, 11) is 0. The number of nitrogens with zero attached hydrogens (tertiary/aromatic N) is 1. The highest BCUT2D eigenvalue weighted by Gasteiger charge is 2.33. The van der Waals surface area contributed by atoms with Crippen molar-refractivity contribution in [1.82, 2.24) is 0 Å². The van der Waals surface area contributed by atoms with Gasteiger partial charge in [0.15, 0.2) is 0 Å². The zero-order valence-corrected chi connectivity index (χ0v) is 10.5. The van der Waals surface area contributed by atoms with Gasteiger partial charge in [-0.2, -0.15) is 18.4 Å². The van der Waals surface area contributed by atoms with Gasteiger partial charge in [0, 0.05) is 17.1 Å².